The van der Waals surface area contributed by atoms with Crippen LogP contribution in [0.25, 0.3) is 11.1 Å². The minimum atomic E-state index is -1.85. The van der Waals surface area contributed by atoms with Crippen LogP contribution in [-0.2, 0) is 14.3 Å². The molecular formula is C24H28FNO4. The van der Waals surface area contributed by atoms with Gasteiger partial charge in [-0.2, -0.15) is 4.39 Å². The maximum Gasteiger partial charge on any atom is 0.408 e. The fraction of sp³-hybridized carbons (Fsp3) is 0.417. The van der Waals surface area contributed by atoms with Gasteiger partial charge in [0.1, 0.15) is 6.61 Å². The van der Waals surface area contributed by atoms with Gasteiger partial charge in [0.25, 0.3) is 0 Å². The van der Waals surface area contributed by atoms with Gasteiger partial charge in [0.2, 0.25) is 0 Å². The zero-order chi connectivity index (χ0) is 22.1. The van der Waals surface area contributed by atoms with Crippen LogP contribution in [0.4, 0.5) is 9.18 Å². The Morgan fingerprint density at radius 2 is 1.50 bits per heavy atom. The molecule has 2 aromatic carbocycles. The summed E-state index contributed by atoms with van der Waals surface area (Å²) in [5, 5.41) is 2.38. The van der Waals surface area contributed by atoms with Gasteiger partial charge < -0.3 is 14.8 Å². The molecule has 3 rings (SSSR count). The van der Waals surface area contributed by atoms with Crippen LogP contribution in [0.3, 0.4) is 0 Å². The molecule has 5 nitrogen and oxygen atoms in total. The number of alkyl carbamates (subject to hydrolysis) is 1. The second-order valence-corrected chi connectivity index (χ2v) is 8.80. The minimum Gasteiger partial charge on any atom is -0.449 e. The molecule has 0 saturated carbocycles. The Balaban J connectivity index is 1.73. The second-order valence-electron chi connectivity index (χ2n) is 8.80. The molecule has 1 amide bonds. The number of carbonyl (C=O) groups is 2. The van der Waals surface area contributed by atoms with Crippen LogP contribution >= 0.6 is 0 Å². The van der Waals surface area contributed by atoms with E-state index in [2.05, 4.69) is 5.32 Å². The van der Waals surface area contributed by atoms with E-state index in [1.807, 2.05) is 48.5 Å². The van der Waals surface area contributed by atoms with Gasteiger partial charge in [-0.15, -0.1) is 0 Å². The molecule has 0 aromatic heterocycles. The Kier molecular flexibility index (Phi) is 5.99. The van der Waals surface area contributed by atoms with Crippen LogP contribution in [0, 0.1) is 0 Å². The van der Waals surface area contributed by atoms with Gasteiger partial charge in [-0.05, 0) is 56.9 Å². The highest BCUT2D eigenvalue weighted by atomic mass is 19.1. The summed E-state index contributed by atoms with van der Waals surface area (Å²) in [5.41, 5.74) is 1.89. The third-order valence-corrected chi connectivity index (χ3v) is 5.46. The number of rotatable bonds is 6. The van der Waals surface area contributed by atoms with Crippen LogP contribution in [-0.4, -0.2) is 36.0 Å². The molecule has 0 heterocycles. The summed E-state index contributed by atoms with van der Waals surface area (Å²) in [6, 6.07) is 14.3. The third kappa shape index (κ3) is 4.38. The zero-order valence-corrected chi connectivity index (χ0v) is 18.0. The molecule has 0 bridgehead atoms. The summed E-state index contributed by atoms with van der Waals surface area (Å²) in [5.74, 6) is -0.126. The Labute approximate surface area is 176 Å². The summed E-state index contributed by atoms with van der Waals surface area (Å²) in [7, 11) is 0. The lowest BCUT2D eigenvalue weighted by molar-refractivity contribution is -0.148. The normalized spacial score (nSPS) is 16.2. The minimum absolute atomic E-state index is 0.0743. The van der Waals surface area contributed by atoms with E-state index >= 15 is 0 Å². The van der Waals surface area contributed by atoms with E-state index in [0.29, 0.717) is 0 Å². The molecule has 30 heavy (non-hydrogen) atoms. The first-order chi connectivity index (χ1) is 14.0. The highest BCUT2D eigenvalue weighted by molar-refractivity contribution is 5.85. The number of amides is 1. The molecule has 0 spiro atoms. The maximum absolute atomic E-state index is 13.9. The van der Waals surface area contributed by atoms with Gasteiger partial charge in [-0.3, -0.25) is 4.79 Å². The number of benzene rings is 2. The predicted octanol–water partition coefficient (Wildman–Crippen LogP) is 4.98. The number of carbonyl (C=O) groups excluding carboxylic acids is 2. The van der Waals surface area contributed by atoms with E-state index in [-0.39, 0.29) is 12.5 Å². The van der Waals surface area contributed by atoms with Crippen molar-refractivity contribution in [2.24, 2.45) is 0 Å². The van der Waals surface area contributed by atoms with Crippen molar-refractivity contribution in [3.05, 3.63) is 59.7 Å². The summed E-state index contributed by atoms with van der Waals surface area (Å²) < 4.78 is 25.0. The number of halogens is 1. The first-order valence-corrected chi connectivity index (χ1v) is 10.0. The molecule has 0 fully saturated rings. The van der Waals surface area contributed by atoms with Crippen LogP contribution in [0.15, 0.2) is 48.5 Å². The van der Waals surface area contributed by atoms with E-state index in [1.165, 1.54) is 6.92 Å². The highest BCUT2D eigenvalue weighted by Crippen LogP contribution is 2.44. The number of nitrogens with one attached hydrogen (secondary N) is 1. The fourth-order valence-electron chi connectivity index (χ4n) is 3.81. The topological polar surface area (TPSA) is 64.6 Å². The SMILES string of the molecule is C[C@H](OC(C)(C)C)[C@@](C)(NC(=O)OCC1c2ccccc2-c2ccccc21)C(=O)F. The summed E-state index contributed by atoms with van der Waals surface area (Å²) in [6.07, 6.45) is -1.76. The summed E-state index contributed by atoms with van der Waals surface area (Å²) in [4.78, 5) is 24.2. The Hall–Kier alpha value is -2.73. The van der Waals surface area contributed by atoms with Crippen LogP contribution in [0.2, 0.25) is 0 Å². The standard InChI is InChI=1S/C24H28FNO4/c1-15(30-23(2,3)4)24(5,21(25)27)26-22(28)29-14-20-18-12-8-6-10-16(18)17-11-7-9-13-19(17)20/h6-13,15,20H,14H2,1-5H3,(H,26,28)/t15-,24+/m0/s1. The predicted molar refractivity (Wildman–Crippen MR) is 113 cm³/mol. The van der Waals surface area contributed by atoms with E-state index in [4.69, 9.17) is 9.47 Å². The number of ether oxygens (including phenoxy) is 2. The zero-order valence-electron chi connectivity index (χ0n) is 18.0. The molecule has 0 unspecified atom stereocenters. The van der Waals surface area contributed by atoms with Crippen molar-refractivity contribution in [3.8, 4) is 11.1 Å². The molecule has 0 saturated heterocycles. The van der Waals surface area contributed by atoms with Gasteiger partial charge >= 0.3 is 12.1 Å². The molecular weight excluding hydrogens is 385 g/mol. The highest BCUT2D eigenvalue weighted by Gasteiger charge is 2.44. The Morgan fingerprint density at radius 3 is 1.97 bits per heavy atom. The van der Waals surface area contributed by atoms with Crippen LogP contribution in [0.1, 0.15) is 51.7 Å². The van der Waals surface area contributed by atoms with E-state index in [9.17, 15) is 14.0 Å². The first kappa shape index (κ1) is 22.0. The number of hydrogen-bond donors (Lipinski definition) is 1. The van der Waals surface area contributed by atoms with Crippen molar-refractivity contribution in [2.45, 2.75) is 57.8 Å². The Morgan fingerprint density at radius 1 is 1.00 bits per heavy atom. The average Bonchev–Trinajstić information content (AvgIpc) is 2.98. The molecule has 0 aliphatic heterocycles. The van der Waals surface area contributed by atoms with Gasteiger partial charge in [0, 0.05) is 5.92 Å². The van der Waals surface area contributed by atoms with E-state index in [0.717, 1.165) is 22.3 Å². The molecule has 1 N–H and O–H groups in total. The maximum atomic E-state index is 13.9. The van der Waals surface area contributed by atoms with Crippen molar-refractivity contribution >= 4 is 12.1 Å². The largest absolute Gasteiger partial charge is 0.449 e. The number of hydrogen-bond acceptors (Lipinski definition) is 4. The molecule has 1 aliphatic carbocycles. The van der Waals surface area contributed by atoms with E-state index in [1.54, 1.807) is 27.7 Å². The van der Waals surface area contributed by atoms with Crippen molar-refractivity contribution in [2.75, 3.05) is 6.61 Å². The van der Waals surface area contributed by atoms with Crippen molar-refractivity contribution in [3.63, 3.8) is 0 Å². The van der Waals surface area contributed by atoms with Gasteiger partial charge in [-0.1, -0.05) is 48.5 Å². The fourth-order valence-corrected chi connectivity index (χ4v) is 3.81. The summed E-state index contributed by atoms with van der Waals surface area (Å²) in [6.45, 7) is 8.30. The van der Waals surface area contributed by atoms with E-state index < -0.39 is 29.4 Å². The van der Waals surface area contributed by atoms with Crippen molar-refractivity contribution in [1.29, 1.82) is 0 Å². The van der Waals surface area contributed by atoms with Gasteiger partial charge in [-0.25, -0.2) is 4.79 Å². The monoisotopic (exact) mass is 413 g/mol. The lowest BCUT2D eigenvalue weighted by atomic mass is 9.96. The second kappa shape index (κ2) is 8.19. The molecule has 1 aliphatic rings. The molecule has 6 heteroatoms. The van der Waals surface area contributed by atoms with Crippen LogP contribution in [0.5, 0.6) is 0 Å². The number of fused-ring (bicyclic) bond motifs is 3. The molecule has 2 atom stereocenters. The van der Waals surface area contributed by atoms with Crippen LogP contribution < -0.4 is 5.32 Å². The summed E-state index contributed by atoms with van der Waals surface area (Å²) >= 11 is 0. The molecule has 2 aromatic rings. The third-order valence-electron chi connectivity index (χ3n) is 5.46. The molecule has 160 valence electrons. The quantitative estimate of drug-likeness (QED) is 0.678. The van der Waals surface area contributed by atoms with Gasteiger partial charge in [0.05, 0.1) is 11.7 Å². The first-order valence-electron chi connectivity index (χ1n) is 10.0. The smallest absolute Gasteiger partial charge is 0.408 e. The van der Waals surface area contributed by atoms with Crippen molar-refractivity contribution < 1.29 is 23.5 Å². The average molecular weight is 413 g/mol. The lowest BCUT2D eigenvalue weighted by Crippen LogP contribution is -2.60. The lowest BCUT2D eigenvalue weighted by Gasteiger charge is -2.35. The Bertz CT molecular complexity index is 907. The van der Waals surface area contributed by atoms with Crippen molar-refractivity contribution in [1.82, 2.24) is 5.32 Å². The molecule has 0 radical (unpaired) electrons. The van der Waals surface area contributed by atoms with Gasteiger partial charge in [0.15, 0.2) is 5.54 Å².